The molecule has 3 aromatic rings. The summed E-state index contributed by atoms with van der Waals surface area (Å²) in [6, 6.07) is 11.8. The molecule has 0 saturated carbocycles. The predicted octanol–water partition coefficient (Wildman–Crippen LogP) is 4.90. The third kappa shape index (κ3) is 5.29. The van der Waals surface area contributed by atoms with Crippen LogP contribution in [-0.2, 0) is 5.75 Å². The molecule has 1 aliphatic rings. The molecular weight excluding hydrogens is 402 g/mol. The SMILES string of the molecule is Cc1nc(CSc2ccc(C(=O)NC[C@@H](c3ccco3)N3CCCC3)cc2)cs1. The van der Waals surface area contributed by atoms with Gasteiger partial charge in [0.25, 0.3) is 5.91 Å². The van der Waals surface area contributed by atoms with Gasteiger partial charge in [0.15, 0.2) is 0 Å². The van der Waals surface area contributed by atoms with E-state index in [0.717, 1.165) is 40.2 Å². The second kappa shape index (κ2) is 9.61. The molecule has 4 rings (SSSR count). The molecule has 1 N–H and O–H groups in total. The topological polar surface area (TPSA) is 58.4 Å². The third-order valence-electron chi connectivity index (χ3n) is 5.08. The molecule has 0 spiro atoms. The van der Waals surface area contributed by atoms with E-state index in [1.165, 1.54) is 12.8 Å². The molecule has 0 aliphatic carbocycles. The zero-order valence-corrected chi connectivity index (χ0v) is 18.1. The van der Waals surface area contributed by atoms with Crippen molar-refractivity contribution in [3.63, 3.8) is 0 Å². The maximum absolute atomic E-state index is 12.7. The summed E-state index contributed by atoms with van der Waals surface area (Å²) in [6.45, 7) is 4.66. The van der Waals surface area contributed by atoms with Gasteiger partial charge in [-0.1, -0.05) is 0 Å². The van der Waals surface area contributed by atoms with Crippen molar-refractivity contribution in [2.45, 2.75) is 36.5 Å². The number of aryl methyl sites for hydroxylation is 1. The average Bonchev–Trinajstić information content (AvgIpc) is 3.50. The molecule has 1 atom stereocenters. The van der Waals surface area contributed by atoms with Crippen LogP contribution < -0.4 is 5.32 Å². The second-order valence-corrected chi connectivity index (χ2v) is 9.27. The maximum atomic E-state index is 12.7. The van der Waals surface area contributed by atoms with E-state index >= 15 is 0 Å². The number of carbonyl (C=O) groups is 1. The zero-order chi connectivity index (χ0) is 20.1. The normalized spacial score (nSPS) is 15.5. The molecule has 1 fully saturated rings. The van der Waals surface area contributed by atoms with Gasteiger partial charge in [0, 0.05) is 28.1 Å². The third-order valence-corrected chi connectivity index (χ3v) is 6.95. The van der Waals surface area contributed by atoms with Gasteiger partial charge < -0.3 is 9.73 Å². The molecular formula is C22H25N3O2S2. The fourth-order valence-corrected chi connectivity index (χ4v) is 5.08. The molecule has 7 heteroatoms. The van der Waals surface area contributed by atoms with E-state index in [0.29, 0.717) is 12.1 Å². The van der Waals surface area contributed by atoms with E-state index in [-0.39, 0.29) is 11.9 Å². The summed E-state index contributed by atoms with van der Waals surface area (Å²) >= 11 is 3.41. The van der Waals surface area contributed by atoms with Crippen molar-refractivity contribution < 1.29 is 9.21 Å². The van der Waals surface area contributed by atoms with Crippen LogP contribution >= 0.6 is 23.1 Å². The van der Waals surface area contributed by atoms with E-state index in [4.69, 9.17) is 4.42 Å². The van der Waals surface area contributed by atoms with Crippen molar-refractivity contribution in [2.75, 3.05) is 19.6 Å². The minimum absolute atomic E-state index is 0.0487. The van der Waals surface area contributed by atoms with Crippen molar-refractivity contribution in [1.29, 1.82) is 0 Å². The Hall–Kier alpha value is -2.09. The highest BCUT2D eigenvalue weighted by molar-refractivity contribution is 7.98. The quantitative estimate of drug-likeness (QED) is 0.518. The Morgan fingerprint density at radius 3 is 2.72 bits per heavy atom. The van der Waals surface area contributed by atoms with Gasteiger partial charge in [-0.2, -0.15) is 0 Å². The lowest BCUT2D eigenvalue weighted by atomic mass is 10.1. The van der Waals surface area contributed by atoms with Crippen molar-refractivity contribution >= 4 is 29.0 Å². The minimum atomic E-state index is -0.0487. The van der Waals surface area contributed by atoms with Crippen LogP contribution in [0.1, 0.15) is 45.7 Å². The van der Waals surface area contributed by atoms with Gasteiger partial charge in [-0.15, -0.1) is 23.1 Å². The molecule has 1 aliphatic heterocycles. The number of carbonyl (C=O) groups excluding carboxylic acids is 1. The van der Waals surface area contributed by atoms with Crippen molar-refractivity contribution in [1.82, 2.24) is 15.2 Å². The number of nitrogens with zero attached hydrogens (tertiary/aromatic N) is 2. The van der Waals surface area contributed by atoms with Gasteiger partial charge in [0.2, 0.25) is 0 Å². The largest absolute Gasteiger partial charge is 0.468 e. The average molecular weight is 428 g/mol. The van der Waals surface area contributed by atoms with Gasteiger partial charge in [-0.05, 0) is 69.3 Å². The molecule has 2 aromatic heterocycles. The lowest BCUT2D eigenvalue weighted by molar-refractivity contribution is 0.0933. The Labute approximate surface area is 179 Å². The fraction of sp³-hybridized carbons (Fsp3) is 0.364. The van der Waals surface area contributed by atoms with E-state index in [1.54, 1.807) is 29.4 Å². The first kappa shape index (κ1) is 20.2. The molecule has 1 aromatic carbocycles. The minimum Gasteiger partial charge on any atom is -0.468 e. The summed E-state index contributed by atoms with van der Waals surface area (Å²) in [7, 11) is 0. The monoisotopic (exact) mass is 427 g/mol. The molecule has 0 radical (unpaired) electrons. The van der Waals surface area contributed by atoms with E-state index < -0.39 is 0 Å². The summed E-state index contributed by atoms with van der Waals surface area (Å²) in [4.78, 5) is 20.7. The second-order valence-electron chi connectivity index (χ2n) is 7.16. The summed E-state index contributed by atoms with van der Waals surface area (Å²) in [5.74, 6) is 1.71. The van der Waals surface area contributed by atoms with Crippen molar-refractivity contribution in [2.24, 2.45) is 0 Å². The number of hydrogen-bond donors (Lipinski definition) is 1. The highest BCUT2D eigenvalue weighted by Gasteiger charge is 2.26. The van der Waals surface area contributed by atoms with E-state index in [9.17, 15) is 4.79 Å². The number of hydrogen-bond acceptors (Lipinski definition) is 6. The highest BCUT2D eigenvalue weighted by atomic mass is 32.2. The summed E-state index contributed by atoms with van der Waals surface area (Å²) in [6.07, 6.45) is 4.10. The predicted molar refractivity (Wildman–Crippen MR) is 117 cm³/mol. The summed E-state index contributed by atoms with van der Waals surface area (Å²) < 4.78 is 5.63. The lowest BCUT2D eigenvalue weighted by Gasteiger charge is -2.26. The van der Waals surface area contributed by atoms with E-state index in [1.807, 2.05) is 43.3 Å². The summed E-state index contributed by atoms with van der Waals surface area (Å²) in [5.41, 5.74) is 1.78. The molecule has 0 bridgehead atoms. The molecule has 1 amide bonds. The van der Waals surface area contributed by atoms with Gasteiger partial charge in [0.1, 0.15) is 5.76 Å². The van der Waals surface area contributed by atoms with Crippen LogP contribution in [0.5, 0.6) is 0 Å². The van der Waals surface area contributed by atoms with Crippen LogP contribution in [0.3, 0.4) is 0 Å². The number of nitrogens with one attached hydrogen (secondary N) is 1. The Balaban J connectivity index is 1.32. The van der Waals surface area contributed by atoms with Gasteiger partial charge in [0.05, 0.1) is 23.0 Å². The number of furan rings is 1. The van der Waals surface area contributed by atoms with Crippen molar-refractivity contribution in [3.05, 3.63) is 70.1 Å². The molecule has 29 heavy (non-hydrogen) atoms. The lowest BCUT2D eigenvalue weighted by Crippen LogP contribution is -2.36. The Kier molecular flexibility index (Phi) is 6.69. The smallest absolute Gasteiger partial charge is 0.251 e. The van der Waals surface area contributed by atoms with Gasteiger partial charge >= 0.3 is 0 Å². The first-order valence-corrected chi connectivity index (χ1v) is 11.7. The maximum Gasteiger partial charge on any atom is 0.251 e. The Bertz CT molecular complexity index is 916. The van der Waals surface area contributed by atoms with Crippen molar-refractivity contribution in [3.8, 4) is 0 Å². The molecule has 3 heterocycles. The van der Waals surface area contributed by atoms with Crippen LogP contribution in [0.25, 0.3) is 0 Å². The zero-order valence-electron chi connectivity index (χ0n) is 16.5. The van der Waals surface area contributed by atoms with Crippen LogP contribution in [0.4, 0.5) is 0 Å². The first-order chi connectivity index (χ1) is 14.2. The van der Waals surface area contributed by atoms with Crippen LogP contribution in [-0.4, -0.2) is 35.4 Å². The fourth-order valence-electron chi connectivity index (χ4n) is 3.57. The van der Waals surface area contributed by atoms with Crippen LogP contribution in [0.2, 0.25) is 0 Å². The first-order valence-electron chi connectivity index (χ1n) is 9.88. The number of thioether (sulfide) groups is 1. The number of aromatic nitrogens is 1. The standard InChI is InChI=1S/C22H25N3O2S2/c1-16-24-18(14-28-16)15-29-19-8-6-17(7-9-19)22(26)23-13-20(21-5-4-12-27-21)25-10-2-3-11-25/h4-9,12,14,20H,2-3,10-11,13,15H2,1H3,(H,23,26)/t20-/m0/s1. The number of benzene rings is 1. The summed E-state index contributed by atoms with van der Waals surface area (Å²) in [5, 5.41) is 6.28. The highest BCUT2D eigenvalue weighted by Crippen LogP contribution is 2.26. The van der Waals surface area contributed by atoms with Crippen LogP contribution in [0, 0.1) is 6.92 Å². The Morgan fingerprint density at radius 2 is 2.07 bits per heavy atom. The number of rotatable bonds is 8. The van der Waals surface area contributed by atoms with Crippen LogP contribution in [0.15, 0.2) is 57.4 Å². The number of likely N-dealkylation sites (tertiary alicyclic amines) is 1. The number of amides is 1. The molecule has 1 saturated heterocycles. The molecule has 5 nitrogen and oxygen atoms in total. The number of thiazole rings is 1. The Morgan fingerprint density at radius 1 is 1.28 bits per heavy atom. The van der Waals surface area contributed by atoms with Gasteiger partial charge in [-0.3, -0.25) is 9.69 Å². The van der Waals surface area contributed by atoms with Gasteiger partial charge in [-0.25, -0.2) is 4.98 Å². The molecule has 0 unspecified atom stereocenters. The molecule has 152 valence electrons. The van der Waals surface area contributed by atoms with E-state index in [2.05, 4.69) is 20.6 Å².